The normalized spacial score (nSPS) is 11.0. The molecule has 0 unspecified atom stereocenters. The highest BCUT2D eigenvalue weighted by Gasteiger charge is 2.06. The number of rotatable bonds is 0. The molecule has 0 radical (unpaired) electrons. The van der Waals surface area contributed by atoms with Gasteiger partial charge in [0.15, 0.2) is 0 Å². The van der Waals surface area contributed by atoms with Crippen molar-refractivity contribution in [3.63, 3.8) is 0 Å². The standard InChI is InChI=1S/C11H6N2O3/c14-9-5-4-7-10(16-9)12-8-3-1-2-6-13(8)11(7)15/h1-6H. The predicted molar refractivity (Wildman–Crippen MR) is 57.5 cm³/mol. The second-order valence-electron chi connectivity index (χ2n) is 3.32. The van der Waals surface area contributed by atoms with Crippen LogP contribution in [0.1, 0.15) is 0 Å². The van der Waals surface area contributed by atoms with Crippen molar-refractivity contribution in [2.24, 2.45) is 0 Å². The summed E-state index contributed by atoms with van der Waals surface area (Å²) in [7, 11) is 0. The van der Waals surface area contributed by atoms with Crippen LogP contribution >= 0.6 is 0 Å². The highest BCUT2D eigenvalue weighted by atomic mass is 16.4. The Kier molecular flexibility index (Phi) is 1.67. The molecular weight excluding hydrogens is 208 g/mol. The Balaban J connectivity index is 2.66. The van der Waals surface area contributed by atoms with E-state index in [0.717, 1.165) is 0 Å². The number of nitrogens with zero attached hydrogens (tertiary/aromatic N) is 2. The van der Waals surface area contributed by atoms with Crippen molar-refractivity contribution in [3.05, 3.63) is 57.3 Å². The van der Waals surface area contributed by atoms with Crippen LogP contribution in [-0.2, 0) is 0 Å². The fourth-order valence-electron chi connectivity index (χ4n) is 1.58. The van der Waals surface area contributed by atoms with Crippen LogP contribution in [0.15, 0.2) is 50.5 Å². The molecule has 0 fully saturated rings. The Morgan fingerprint density at radius 2 is 2.00 bits per heavy atom. The maximum Gasteiger partial charge on any atom is 0.337 e. The van der Waals surface area contributed by atoms with Crippen molar-refractivity contribution in [1.29, 1.82) is 0 Å². The minimum atomic E-state index is -0.514. The first-order valence-electron chi connectivity index (χ1n) is 4.67. The van der Waals surface area contributed by atoms with Gasteiger partial charge in [-0.25, -0.2) is 4.79 Å². The van der Waals surface area contributed by atoms with Crippen LogP contribution in [0.4, 0.5) is 0 Å². The van der Waals surface area contributed by atoms with E-state index in [0.29, 0.717) is 11.0 Å². The van der Waals surface area contributed by atoms with Crippen LogP contribution in [0, 0.1) is 0 Å². The highest BCUT2D eigenvalue weighted by molar-refractivity contribution is 5.73. The molecule has 3 aromatic heterocycles. The first kappa shape index (κ1) is 8.84. The third kappa shape index (κ3) is 1.15. The van der Waals surface area contributed by atoms with Gasteiger partial charge in [-0.2, -0.15) is 4.98 Å². The van der Waals surface area contributed by atoms with Gasteiger partial charge in [0.2, 0.25) is 5.71 Å². The largest absolute Gasteiger partial charge is 0.403 e. The molecule has 3 rings (SSSR count). The Labute approximate surface area is 88.6 Å². The summed E-state index contributed by atoms with van der Waals surface area (Å²) < 4.78 is 6.28. The van der Waals surface area contributed by atoms with E-state index >= 15 is 0 Å². The first-order valence-corrected chi connectivity index (χ1v) is 4.67. The lowest BCUT2D eigenvalue weighted by Crippen LogP contribution is -2.15. The van der Waals surface area contributed by atoms with Crippen LogP contribution in [0.25, 0.3) is 16.7 Å². The van der Waals surface area contributed by atoms with Gasteiger partial charge in [0.25, 0.3) is 5.56 Å². The highest BCUT2D eigenvalue weighted by Crippen LogP contribution is 2.05. The molecule has 0 saturated heterocycles. The van der Waals surface area contributed by atoms with E-state index in [9.17, 15) is 9.59 Å². The maximum absolute atomic E-state index is 12.0. The van der Waals surface area contributed by atoms with Crippen molar-refractivity contribution >= 4 is 16.7 Å². The van der Waals surface area contributed by atoms with Crippen molar-refractivity contribution in [3.8, 4) is 0 Å². The molecule has 3 heterocycles. The van der Waals surface area contributed by atoms with E-state index in [1.165, 1.54) is 16.5 Å². The molecule has 0 atom stereocenters. The lowest BCUT2D eigenvalue weighted by Gasteiger charge is -2.00. The number of hydrogen-bond acceptors (Lipinski definition) is 4. The Hall–Kier alpha value is -2.43. The van der Waals surface area contributed by atoms with E-state index in [1.807, 2.05) is 0 Å². The van der Waals surface area contributed by atoms with Gasteiger partial charge in [-0.1, -0.05) is 6.07 Å². The van der Waals surface area contributed by atoms with Crippen molar-refractivity contribution in [2.75, 3.05) is 0 Å². The summed E-state index contributed by atoms with van der Waals surface area (Å²) in [5, 5.41) is 0.295. The third-order valence-corrected chi connectivity index (χ3v) is 2.32. The smallest absolute Gasteiger partial charge is 0.337 e. The molecule has 0 saturated carbocycles. The zero-order valence-electron chi connectivity index (χ0n) is 8.08. The Morgan fingerprint density at radius 3 is 2.88 bits per heavy atom. The van der Waals surface area contributed by atoms with Gasteiger partial charge in [0, 0.05) is 12.3 Å². The van der Waals surface area contributed by atoms with Gasteiger partial charge >= 0.3 is 5.63 Å². The molecule has 0 aromatic carbocycles. The molecule has 5 nitrogen and oxygen atoms in total. The van der Waals surface area contributed by atoms with E-state index in [4.69, 9.17) is 4.42 Å². The Morgan fingerprint density at radius 1 is 1.12 bits per heavy atom. The Bertz CT molecular complexity index is 801. The van der Waals surface area contributed by atoms with E-state index in [2.05, 4.69) is 4.98 Å². The van der Waals surface area contributed by atoms with Crippen molar-refractivity contribution in [2.45, 2.75) is 0 Å². The minimum Gasteiger partial charge on any atom is -0.403 e. The number of fused-ring (bicyclic) bond motifs is 2. The lowest BCUT2D eigenvalue weighted by molar-refractivity contribution is 0.549. The summed E-state index contributed by atoms with van der Waals surface area (Å²) >= 11 is 0. The van der Waals surface area contributed by atoms with Crippen LogP contribution in [-0.4, -0.2) is 9.38 Å². The molecule has 0 aliphatic heterocycles. The minimum absolute atomic E-state index is 0.0729. The summed E-state index contributed by atoms with van der Waals surface area (Å²) in [6.45, 7) is 0. The molecular formula is C11H6N2O3. The first-order chi connectivity index (χ1) is 7.75. The number of hydrogen-bond donors (Lipinski definition) is 0. The molecule has 0 aliphatic rings. The van der Waals surface area contributed by atoms with Crippen LogP contribution in [0.5, 0.6) is 0 Å². The topological polar surface area (TPSA) is 64.6 Å². The average molecular weight is 214 g/mol. The van der Waals surface area contributed by atoms with Gasteiger partial charge in [0.05, 0.1) is 0 Å². The SMILES string of the molecule is O=c1ccc2c(=O)n3ccccc3nc2o1. The van der Waals surface area contributed by atoms with E-state index in [-0.39, 0.29) is 11.3 Å². The maximum atomic E-state index is 12.0. The predicted octanol–water partition coefficient (Wildman–Crippen LogP) is 0.801. The lowest BCUT2D eigenvalue weighted by atomic mass is 10.3. The summed E-state index contributed by atoms with van der Waals surface area (Å²) in [4.78, 5) is 27.1. The third-order valence-electron chi connectivity index (χ3n) is 2.32. The van der Waals surface area contributed by atoms with Gasteiger partial charge in [0.1, 0.15) is 11.0 Å². The van der Waals surface area contributed by atoms with E-state index < -0.39 is 5.63 Å². The van der Waals surface area contributed by atoms with Crippen LogP contribution < -0.4 is 11.2 Å². The summed E-state index contributed by atoms with van der Waals surface area (Å²) in [6, 6.07) is 7.81. The molecule has 0 aliphatic carbocycles. The fraction of sp³-hybridized carbons (Fsp3) is 0. The number of aromatic nitrogens is 2. The summed E-state index contributed by atoms with van der Waals surface area (Å²) in [5.74, 6) is 0. The molecule has 0 N–H and O–H groups in total. The average Bonchev–Trinajstić information content (AvgIpc) is 2.29. The van der Waals surface area contributed by atoms with Gasteiger partial charge in [-0.3, -0.25) is 9.20 Å². The van der Waals surface area contributed by atoms with Crippen LogP contribution in [0.2, 0.25) is 0 Å². The zero-order valence-corrected chi connectivity index (χ0v) is 8.08. The monoisotopic (exact) mass is 214 g/mol. The number of pyridine rings is 1. The van der Waals surface area contributed by atoms with Gasteiger partial charge in [-0.05, 0) is 18.2 Å². The quantitative estimate of drug-likeness (QED) is 0.519. The molecule has 0 amide bonds. The molecule has 0 spiro atoms. The second kappa shape index (κ2) is 3.03. The molecule has 16 heavy (non-hydrogen) atoms. The summed E-state index contributed by atoms with van der Waals surface area (Å²) in [5.41, 5.74) is -0.234. The van der Waals surface area contributed by atoms with Gasteiger partial charge in [-0.15, -0.1) is 0 Å². The summed E-state index contributed by atoms with van der Waals surface area (Å²) in [6.07, 6.45) is 1.62. The van der Waals surface area contributed by atoms with Crippen molar-refractivity contribution < 1.29 is 4.42 Å². The van der Waals surface area contributed by atoms with Gasteiger partial charge < -0.3 is 4.42 Å². The van der Waals surface area contributed by atoms with Crippen molar-refractivity contribution in [1.82, 2.24) is 9.38 Å². The molecule has 5 heteroatoms. The zero-order chi connectivity index (χ0) is 11.1. The molecule has 78 valence electrons. The van der Waals surface area contributed by atoms with E-state index in [1.54, 1.807) is 24.4 Å². The fourth-order valence-corrected chi connectivity index (χ4v) is 1.58. The second-order valence-corrected chi connectivity index (χ2v) is 3.32. The molecule has 3 aromatic rings. The van der Waals surface area contributed by atoms with Crippen LogP contribution in [0.3, 0.4) is 0 Å². The molecule has 0 bridgehead atoms.